The minimum Gasteiger partial charge on any atom is -0.356 e. The molecule has 1 aliphatic heterocycles. The molecule has 1 fully saturated rings. The van der Waals surface area contributed by atoms with Crippen molar-refractivity contribution in [2.24, 2.45) is 5.92 Å². The number of piperidine rings is 1. The summed E-state index contributed by atoms with van der Waals surface area (Å²) in [6.07, 6.45) is 2.34. The summed E-state index contributed by atoms with van der Waals surface area (Å²) in [5, 5.41) is 12.4. The molecule has 2 aromatic rings. The van der Waals surface area contributed by atoms with Crippen LogP contribution in [-0.4, -0.2) is 39.8 Å². The fourth-order valence-corrected chi connectivity index (χ4v) is 4.39. The van der Waals surface area contributed by atoms with E-state index in [1.165, 1.54) is 35.1 Å². The van der Waals surface area contributed by atoms with Crippen molar-refractivity contribution in [3.05, 3.63) is 35.9 Å². The van der Waals surface area contributed by atoms with E-state index in [9.17, 15) is 4.79 Å². The third-order valence-corrected chi connectivity index (χ3v) is 6.02. The summed E-state index contributed by atoms with van der Waals surface area (Å²) in [6.45, 7) is 4.72. The highest BCUT2D eigenvalue weighted by atomic mass is 32.2. The Morgan fingerprint density at radius 2 is 2.21 bits per heavy atom. The topological polar surface area (TPSA) is 58.1 Å². The Labute approximate surface area is 150 Å². The first-order chi connectivity index (χ1) is 11.7. The Bertz CT molecular complexity index is 662. The third kappa shape index (κ3) is 4.95. The molecule has 1 aromatic heterocycles. The van der Waals surface area contributed by atoms with E-state index in [1.54, 1.807) is 0 Å². The first-order valence-electron chi connectivity index (χ1n) is 8.22. The monoisotopic (exact) mass is 362 g/mol. The molecule has 1 atom stereocenters. The van der Waals surface area contributed by atoms with E-state index in [-0.39, 0.29) is 5.91 Å². The summed E-state index contributed by atoms with van der Waals surface area (Å²) in [4.78, 5) is 14.3. The zero-order valence-electron chi connectivity index (χ0n) is 13.8. The number of aromatic nitrogens is 2. The lowest BCUT2D eigenvalue weighted by Gasteiger charge is -2.30. The molecule has 0 spiro atoms. The predicted octanol–water partition coefficient (Wildman–Crippen LogP) is 3.50. The highest BCUT2D eigenvalue weighted by Crippen LogP contribution is 2.26. The number of anilines is 1. The maximum Gasteiger partial charge on any atom is 0.233 e. The van der Waals surface area contributed by atoms with Crippen LogP contribution in [0.25, 0.3) is 0 Å². The molecule has 0 aliphatic carbocycles. The number of thioether (sulfide) groups is 1. The lowest BCUT2D eigenvalue weighted by molar-refractivity contribution is -0.130. The van der Waals surface area contributed by atoms with Crippen molar-refractivity contribution in [3.63, 3.8) is 0 Å². The van der Waals surface area contributed by atoms with Crippen molar-refractivity contribution < 1.29 is 4.79 Å². The second kappa shape index (κ2) is 8.48. The number of amides is 1. The molecule has 0 saturated carbocycles. The van der Waals surface area contributed by atoms with Gasteiger partial charge in [-0.1, -0.05) is 60.4 Å². The number of carbonyl (C=O) groups excluding carboxylic acids is 1. The number of hydrogen-bond donors (Lipinski definition) is 1. The molecular weight excluding hydrogens is 340 g/mol. The molecule has 24 heavy (non-hydrogen) atoms. The van der Waals surface area contributed by atoms with Gasteiger partial charge >= 0.3 is 0 Å². The highest BCUT2D eigenvalue weighted by Gasteiger charge is 2.21. The average Bonchev–Trinajstić information content (AvgIpc) is 3.07. The minimum absolute atomic E-state index is 0.209. The molecular formula is C17H22N4OS2. The van der Waals surface area contributed by atoms with Crippen molar-refractivity contribution in [1.82, 2.24) is 15.1 Å². The van der Waals surface area contributed by atoms with E-state index in [0.29, 0.717) is 11.7 Å². The van der Waals surface area contributed by atoms with Gasteiger partial charge in [0.05, 0.1) is 5.75 Å². The lowest BCUT2D eigenvalue weighted by Crippen LogP contribution is -2.40. The second-order valence-corrected chi connectivity index (χ2v) is 8.29. The number of carbonyl (C=O) groups is 1. The van der Waals surface area contributed by atoms with Crippen LogP contribution in [0, 0.1) is 5.92 Å². The van der Waals surface area contributed by atoms with Crippen LogP contribution in [0.3, 0.4) is 0 Å². The summed E-state index contributed by atoms with van der Waals surface area (Å²) >= 11 is 2.98. The van der Waals surface area contributed by atoms with Crippen LogP contribution in [0.15, 0.2) is 34.7 Å². The summed E-state index contributed by atoms with van der Waals surface area (Å²) in [5.74, 6) is 1.27. The van der Waals surface area contributed by atoms with Crippen LogP contribution >= 0.6 is 23.1 Å². The minimum atomic E-state index is 0.209. The van der Waals surface area contributed by atoms with Gasteiger partial charge in [-0.2, -0.15) is 0 Å². The van der Waals surface area contributed by atoms with Gasteiger partial charge < -0.3 is 10.2 Å². The smallest absolute Gasteiger partial charge is 0.233 e. The van der Waals surface area contributed by atoms with Crippen LogP contribution < -0.4 is 5.32 Å². The average molecular weight is 363 g/mol. The van der Waals surface area contributed by atoms with Gasteiger partial charge in [0.2, 0.25) is 11.0 Å². The molecule has 3 rings (SSSR count). The van der Waals surface area contributed by atoms with Crippen LogP contribution in [0.4, 0.5) is 5.13 Å². The Morgan fingerprint density at radius 1 is 1.38 bits per heavy atom. The molecule has 1 amide bonds. The second-order valence-electron chi connectivity index (χ2n) is 6.09. The first-order valence-corrected chi connectivity index (χ1v) is 10.0. The largest absolute Gasteiger partial charge is 0.356 e. The lowest BCUT2D eigenvalue weighted by atomic mass is 10.0. The Morgan fingerprint density at radius 3 is 3.00 bits per heavy atom. The zero-order chi connectivity index (χ0) is 16.8. The van der Waals surface area contributed by atoms with Gasteiger partial charge in [0.25, 0.3) is 0 Å². The van der Waals surface area contributed by atoms with E-state index >= 15 is 0 Å². The quantitative estimate of drug-likeness (QED) is 0.797. The van der Waals surface area contributed by atoms with Gasteiger partial charge in [-0.3, -0.25) is 4.79 Å². The Balaban J connectivity index is 1.45. The van der Waals surface area contributed by atoms with Crippen LogP contribution in [0.2, 0.25) is 0 Å². The molecule has 7 heteroatoms. The number of rotatable bonds is 6. The van der Waals surface area contributed by atoms with E-state index in [1.807, 2.05) is 23.1 Å². The maximum absolute atomic E-state index is 12.3. The van der Waals surface area contributed by atoms with Crippen LogP contribution in [-0.2, 0) is 11.3 Å². The normalized spacial score (nSPS) is 17.7. The van der Waals surface area contributed by atoms with E-state index < -0.39 is 0 Å². The van der Waals surface area contributed by atoms with E-state index in [4.69, 9.17) is 0 Å². The van der Waals surface area contributed by atoms with Crippen molar-refractivity contribution in [2.45, 2.75) is 30.6 Å². The molecule has 0 unspecified atom stereocenters. The molecule has 5 nitrogen and oxygen atoms in total. The highest BCUT2D eigenvalue weighted by molar-refractivity contribution is 8.01. The van der Waals surface area contributed by atoms with Crippen molar-refractivity contribution in [1.29, 1.82) is 0 Å². The SMILES string of the molecule is C[C@@H]1CCCN(C(=O)CSc2nnc(NCc3ccccc3)s2)C1. The first kappa shape index (κ1) is 17.2. The standard InChI is InChI=1S/C17H22N4OS2/c1-13-6-5-9-21(11-13)15(22)12-23-17-20-19-16(24-17)18-10-14-7-3-2-4-8-14/h2-4,7-8,13H,5-6,9-12H2,1H3,(H,18,19)/t13-/m1/s1. The Kier molecular flexibility index (Phi) is 6.09. The van der Waals surface area contributed by atoms with Gasteiger partial charge in [0, 0.05) is 19.6 Å². The number of benzene rings is 1. The molecule has 1 N–H and O–H groups in total. The summed E-state index contributed by atoms with van der Waals surface area (Å²) in [5.41, 5.74) is 1.20. The van der Waals surface area contributed by atoms with Gasteiger partial charge in [-0.25, -0.2) is 0 Å². The van der Waals surface area contributed by atoms with Crippen LogP contribution in [0.5, 0.6) is 0 Å². The summed E-state index contributed by atoms with van der Waals surface area (Å²) in [7, 11) is 0. The van der Waals surface area contributed by atoms with Crippen molar-refractivity contribution in [2.75, 3.05) is 24.2 Å². The number of nitrogens with one attached hydrogen (secondary N) is 1. The van der Waals surface area contributed by atoms with Gasteiger partial charge in [-0.15, -0.1) is 10.2 Å². The molecule has 1 aliphatic rings. The van der Waals surface area contributed by atoms with Gasteiger partial charge in [-0.05, 0) is 24.3 Å². The summed E-state index contributed by atoms with van der Waals surface area (Å²) < 4.78 is 0.837. The molecule has 128 valence electrons. The summed E-state index contributed by atoms with van der Waals surface area (Å²) in [6, 6.07) is 10.2. The van der Waals surface area contributed by atoms with Crippen molar-refractivity contribution in [3.8, 4) is 0 Å². The molecule has 1 saturated heterocycles. The van der Waals surface area contributed by atoms with Gasteiger partial charge in [0.15, 0.2) is 4.34 Å². The van der Waals surface area contributed by atoms with E-state index in [0.717, 1.165) is 35.5 Å². The Hall–Kier alpha value is -1.60. The number of nitrogens with zero attached hydrogens (tertiary/aromatic N) is 3. The number of likely N-dealkylation sites (tertiary alicyclic amines) is 1. The zero-order valence-corrected chi connectivity index (χ0v) is 15.4. The fourth-order valence-electron chi connectivity index (χ4n) is 2.74. The fraction of sp³-hybridized carbons (Fsp3) is 0.471. The molecule has 0 radical (unpaired) electrons. The third-order valence-electron chi connectivity index (χ3n) is 4.02. The molecule has 1 aromatic carbocycles. The van der Waals surface area contributed by atoms with E-state index in [2.05, 4.69) is 34.6 Å². The number of hydrogen-bond acceptors (Lipinski definition) is 6. The maximum atomic E-state index is 12.3. The van der Waals surface area contributed by atoms with Crippen LogP contribution in [0.1, 0.15) is 25.3 Å². The predicted molar refractivity (Wildman–Crippen MR) is 99.4 cm³/mol. The van der Waals surface area contributed by atoms with Gasteiger partial charge in [0.1, 0.15) is 0 Å². The van der Waals surface area contributed by atoms with Crippen molar-refractivity contribution >= 4 is 34.1 Å². The molecule has 0 bridgehead atoms. The molecule has 2 heterocycles.